The lowest BCUT2D eigenvalue weighted by Crippen LogP contribution is -2.16. The van der Waals surface area contributed by atoms with Crippen LogP contribution in [0.25, 0.3) is 0 Å². The maximum Gasteiger partial charge on any atom is 0.344 e. The molecule has 0 fully saturated rings. The maximum absolute atomic E-state index is 12.9. The van der Waals surface area contributed by atoms with E-state index in [1.807, 2.05) is 18.2 Å². The minimum Gasteiger partial charge on any atom is -0.462 e. The summed E-state index contributed by atoms with van der Waals surface area (Å²) < 4.78 is 11.1. The van der Waals surface area contributed by atoms with E-state index >= 15 is 0 Å². The lowest BCUT2D eigenvalue weighted by molar-refractivity contribution is 0.0489. The van der Waals surface area contributed by atoms with Gasteiger partial charge in [0.2, 0.25) is 0 Å². The Morgan fingerprint density at radius 2 is 1.08 bits per heavy atom. The number of benzene rings is 2. The average molecular weight is 495 g/mol. The number of para-hydroxylation sites is 1. The van der Waals surface area contributed by atoms with Crippen LogP contribution in [-0.2, 0) is 11.2 Å². The smallest absolute Gasteiger partial charge is 0.344 e. The fraction of sp³-hybridized carbons (Fsp3) is 0.562. The van der Waals surface area contributed by atoms with Crippen molar-refractivity contribution in [2.45, 2.75) is 110 Å². The van der Waals surface area contributed by atoms with Gasteiger partial charge >= 0.3 is 11.9 Å². The number of ether oxygens (including phenoxy) is 2. The molecular formula is C32H46O4. The molecule has 0 saturated carbocycles. The van der Waals surface area contributed by atoms with Gasteiger partial charge in [-0.15, -0.1) is 0 Å². The predicted octanol–water partition coefficient (Wildman–Crippen LogP) is 9.11. The Hall–Kier alpha value is -2.62. The number of rotatable bonds is 19. The highest BCUT2D eigenvalue weighted by atomic mass is 16.5. The Morgan fingerprint density at radius 3 is 1.67 bits per heavy atom. The number of unbranched alkanes of at least 4 members (excludes halogenated alkanes) is 12. The van der Waals surface area contributed by atoms with Crippen molar-refractivity contribution in [1.29, 1.82) is 0 Å². The van der Waals surface area contributed by atoms with E-state index in [0.29, 0.717) is 12.4 Å². The molecule has 36 heavy (non-hydrogen) atoms. The fourth-order valence-electron chi connectivity index (χ4n) is 4.44. The molecular weight excluding hydrogens is 448 g/mol. The largest absolute Gasteiger partial charge is 0.462 e. The van der Waals surface area contributed by atoms with E-state index in [0.717, 1.165) is 31.2 Å². The zero-order valence-electron chi connectivity index (χ0n) is 22.6. The molecule has 0 saturated heterocycles. The molecule has 0 radical (unpaired) electrons. The average Bonchev–Trinajstić information content (AvgIpc) is 2.90. The molecule has 4 nitrogen and oxygen atoms in total. The SMILES string of the molecule is CCCCCCCCCCCCCCCOC(=O)c1ccccc1C(=O)Oc1ccccc1CCC. The molecule has 0 aliphatic carbocycles. The summed E-state index contributed by atoms with van der Waals surface area (Å²) in [5, 5.41) is 0. The molecule has 4 heteroatoms. The number of hydrogen-bond donors (Lipinski definition) is 0. The van der Waals surface area contributed by atoms with Crippen LogP contribution in [0, 0.1) is 0 Å². The van der Waals surface area contributed by atoms with Crippen LogP contribution in [0.5, 0.6) is 5.75 Å². The minimum absolute atomic E-state index is 0.235. The molecule has 2 rings (SSSR count). The zero-order valence-corrected chi connectivity index (χ0v) is 22.6. The molecule has 198 valence electrons. The van der Waals surface area contributed by atoms with Crippen molar-refractivity contribution in [3.8, 4) is 5.75 Å². The molecule has 2 aromatic rings. The Bertz CT molecular complexity index is 889. The van der Waals surface area contributed by atoms with E-state index in [4.69, 9.17) is 9.47 Å². The molecule has 0 aliphatic rings. The first-order chi connectivity index (χ1) is 17.7. The van der Waals surface area contributed by atoms with Gasteiger partial charge in [0.15, 0.2) is 0 Å². The summed E-state index contributed by atoms with van der Waals surface area (Å²) in [6.45, 7) is 4.72. The second-order valence-corrected chi connectivity index (χ2v) is 9.67. The highest BCUT2D eigenvalue weighted by Gasteiger charge is 2.20. The van der Waals surface area contributed by atoms with E-state index < -0.39 is 11.9 Å². The third-order valence-corrected chi connectivity index (χ3v) is 6.54. The van der Waals surface area contributed by atoms with E-state index in [2.05, 4.69) is 13.8 Å². The zero-order chi connectivity index (χ0) is 25.8. The lowest BCUT2D eigenvalue weighted by atomic mass is 10.0. The Kier molecular flexibility index (Phi) is 15.3. The number of hydrogen-bond acceptors (Lipinski definition) is 4. The van der Waals surface area contributed by atoms with Crippen LogP contribution in [0.2, 0.25) is 0 Å². The van der Waals surface area contributed by atoms with Gasteiger partial charge in [-0.1, -0.05) is 128 Å². The first kappa shape index (κ1) is 29.6. The van der Waals surface area contributed by atoms with Gasteiger partial charge in [0.25, 0.3) is 0 Å². The van der Waals surface area contributed by atoms with Crippen molar-refractivity contribution in [1.82, 2.24) is 0 Å². The third kappa shape index (κ3) is 11.4. The molecule has 0 heterocycles. The van der Waals surface area contributed by atoms with E-state index in [9.17, 15) is 9.59 Å². The van der Waals surface area contributed by atoms with Gasteiger partial charge < -0.3 is 9.47 Å². The van der Waals surface area contributed by atoms with E-state index in [1.165, 1.54) is 70.6 Å². The molecule has 0 atom stereocenters. The normalized spacial score (nSPS) is 10.8. The number of aryl methyl sites for hydroxylation is 1. The van der Waals surface area contributed by atoms with Gasteiger partial charge in [-0.25, -0.2) is 9.59 Å². The molecule has 0 bridgehead atoms. The Balaban J connectivity index is 1.66. The predicted molar refractivity (Wildman–Crippen MR) is 148 cm³/mol. The topological polar surface area (TPSA) is 52.6 Å². The van der Waals surface area contributed by atoms with Crippen molar-refractivity contribution in [2.75, 3.05) is 6.61 Å². The number of esters is 2. The van der Waals surface area contributed by atoms with Crippen LogP contribution >= 0.6 is 0 Å². The second-order valence-electron chi connectivity index (χ2n) is 9.67. The summed E-state index contributed by atoms with van der Waals surface area (Å²) in [5.41, 5.74) is 1.47. The fourth-order valence-corrected chi connectivity index (χ4v) is 4.44. The molecule has 2 aromatic carbocycles. The Labute approximate surface area is 218 Å². The van der Waals surface area contributed by atoms with Gasteiger partial charge in [0.1, 0.15) is 5.75 Å². The van der Waals surface area contributed by atoms with Crippen molar-refractivity contribution in [3.63, 3.8) is 0 Å². The standard InChI is InChI=1S/C32H46O4/c1-3-5-6-7-8-9-10-11-12-13-14-15-20-26-35-31(33)28-23-17-18-24-29(28)32(34)36-30-25-19-16-22-27(30)21-4-2/h16-19,22-25H,3-15,20-21,26H2,1-2H3. The van der Waals surface area contributed by atoms with Crippen molar-refractivity contribution in [3.05, 3.63) is 65.2 Å². The van der Waals surface area contributed by atoms with Crippen LogP contribution in [0.1, 0.15) is 130 Å². The van der Waals surface area contributed by atoms with Crippen LogP contribution < -0.4 is 4.74 Å². The third-order valence-electron chi connectivity index (χ3n) is 6.54. The minimum atomic E-state index is -0.535. The van der Waals surface area contributed by atoms with Crippen LogP contribution in [0.15, 0.2) is 48.5 Å². The number of carbonyl (C=O) groups excluding carboxylic acids is 2. The van der Waals surface area contributed by atoms with Crippen LogP contribution in [-0.4, -0.2) is 18.5 Å². The first-order valence-electron chi connectivity index (χ1n) is 14.2. The maximum atomic E-state index is 12.9. The van der Waals surface area contributed by atoms with Gasteiger partial charge in [0, 0.05) is 0 Å². The monoisotopic (exact) mass is 494 g/mol. The summed E-state index contributed by atoms with van der Waals surface area (Å²) in [4.78, 5) is 25.5. The van der Waals surface area contributed by atoms with Crippen LogP contribution in [0.4, 0.5) is 0 Å². The van der Waals surface area contributed by atoms with Crippen molar-refractivity contribution in [2.24, 2.45) is 0 Å². The molecule has 0 N–H and O–H groups in total. The quantitative estimate of drug-likeness (QED) is 0.111. The van der Waals surface area contributed by atoms with Gasteiger partial charge in [-0.2, -0.15) is 0 Å². The molecule has 0 aromatic heterocycles. The summed E-state index contributed by atoms with van der Waals surface area (Å²) >= 11 is 0. The second kappa shape index (κ2) is 18.6. The summed E-state index contributed by atoms with van der Waals surface area (Å²) in [6.07, 6.45) is 18.3. The summed E-state index contributed by atoms with van der Waals surface area (Å²) in [5.74, 6) is -0.463. The van der Waals surface area contributed by atoms with Crippen molar-refractivity contribution < 1.29 is 19.1 Å². The van der Waals surface area contributed by atoms with Crippen LogP contribution in [0.3, 0.4) is 0 Å². The first-order valence-corrected chi connectivity index (χ1v) is 14.2. The summed E-state index contributed by atoms with van der Waals surface area (Å²) in [7, 11) is 0. The highest BCUT2D eigenvalue weighted by molar-refractivity contribution is 6.03. The van der Waals surface area contributed by atoms with Crippen molar-refractivity contribution >= 4 is 11.9 Å². The van der Waals surface area contributed by atoms with E-state index in [1.54, 1.807) is 30.3 Å². The molecule has 0 spiro atoms. The summed E-state index contributed by atoms with van der Waals surface area (Å²) in [6, 6.07) is 14.2. The van der Waals surface area contributed by atoms with Gasteiger partial charge in [-0.3, -0.25) is 0 Å². The molecule has 0 amide bonds. The molecule has 0 unspecified atom stereocenters. The lowest BCUT2D eigenvalue weighted by Gasteiger charge is -2.12. The molecule has 0 aliphatic heterocycles. The Morgan fingerprint density at radius 1 is 0.583 bits per heavy atom. The van der Waals surface area contributed by atoms with E-state index in [-0.39, 0.29) is 11.1 Å². The van der Waals surface area contributed by atoms with Gasteiger partial charge in [0.05, 0.1) is 17.7 Å². The highest BCUT2D eigenvalue weighted by Crippen LogP contribution is 2.22. The number of carbonyl (C=O) groups is 2. The van der Waals surface area contributed by atoms with Gasteiger partial charge in [-0.05, 0) is 36.6 Å².